The maximum Gasteiger partial charge on any atom is 0.184 e. The van der Waals surface area contributed by atoms with Crippen LogP contribution in [0.15, 0.2) is 23.8 Å². The van der Waals surface area contributed by atoms with Crippen LogP contribution in [0.1, 0.15) is 0 Å². The molecule has 0 aromatic rings. The standard InChI is InChI=1S/C10H14N2O3S/c11-3-10-16(13,14)9-2-1-4-12-5-7-15-8-6-12/h1-2,4,9H,5-8,10H2. The minimum Gasteiger partial charge on any atom is -0.378 e. The average molecular weight is 242 g/mol. The Hall–Kier alpha value is -1.32. The van der Waals surface area contributed by atoms with Crippen molar-refractivity contribution >= 4 is 9.84 Å². The lowest BCUT2D eigenvalue weighted by molar-refractivity contribution is 0.0594. The van der Waals surface area contributed by atoms with Crippen LogP contribution in [0, 0.1) is 11.3 Å². The Morgan fingerprint density at radius 2 is 2.00 bits per heavy atom. The Bertz CT molecular complexity index is 400. The van der Waals surface area contributed by atoms with Crippen LogP contribution < -0.4 is 0 Å². The van der Waals surface area contributed by atoms with Crippen LogP contribution >= 0.6 is 0 Å². The SMILES string of the molecule is N#CCS(=O)(=O)C=CC=CN1CCOCC1. The fraction of sp³-hybridized carbons (Fsp3) is 0.500. The van der Waals surface area contributed by atoms with E-state index in [2.05, 4.69) is 0 Å². The molecule has 0 aromatic carbocycles. The molecule has 0 radical (unpaired) electrons. The average Bonchev–Trinajstić information content (AvgIpc) is 2.26. The fourth-order valence-corrected chi connectivity index (χ4v) is 1.81. The summed E-state index contributed by atoms with van der Waals surface area (Å²) in [6, 6.07) is 1.61. The smallest absolute Gasteiger partial charge is 0.184 e. The highest BCUT2D eigenvalue weighted by molar-refractivity contribution is 7.94. The predicted octanol–water partition coefficient (Wildman–Crippen LogP) is 0.284. The molecule has 1 saturated heterocycles. The number of ether oxygens (including phenoxy) is 1. The van der Waals surface area contributed by atoms with E-state index in [1.54, 1.807) is 12.1 Å². The van der Waals surface area contributed by atoms with Gasteiger partial charge in [-0.05, 0) is 18.4 Å². The molecule has 0 bridgehead atoms. The highest BCUT2D eigenvalue weighted by Gasteiger charge is 2.05. The van der Waals surface area contributed by atoms with Gasteiger partial charge in [-0.15, -0.1) is 0 Å². The first-order valence-corrected chi connectivity index (χ1v) is 6.62. The lowest BCUT2D eigenvalue weighted by Gasteiger charge is -2.24. The van der Waals surface area contributed by atoms with Crippen molar-refractivity contribution in [1.82, 2.24) is 4.90 Å². The molecule has 0 amide bonds. The number of morpholine rings is 1. The Kier molecular flexibility index (Phi) is 5.02. The summed E-state index contributed by atoms with van der Waals surface area (Å²) in [5.74, 6) is -0.477. The second-order valence-corrected chi connectivity index (χ2v) is 5.17. The second kappa shape index (κ2) is 6.30. The third-order valence-electron chi connectivity index (χ3n) is 2.01. The number of hydrogen-bond donors (Lipinski definition) is 0. The van der Waals surface area contributed by atoms with Crippen LogP contribution in [-0.2, 0) is 14.6 Å². The van der Waals surface area contributed by atoms with Crippen molar-refractivity contribution in [2.45, 2.75) is 0 Å². The normalized spacial score (nSPS) is 18.1. The zero-order chi connectivity index (χ0) is 11.9. The molecule has 0 aliphatic carbocycles. The second-order valence-electron chi connectivity index (χ2n) is 3.28. The summed E-state index contributed by atoms with van der Waals surface area (Å²) in [5.41, 5.74) is 0. The number of sulfone groups is 1. The number of rotatable bonds is 4. The molecule has 0 spiro atoms. The molecule has 5 nitrogen and oxygen atoms in total. The minimum absolute atomic E-state index is 0.477. The van der Waals surface area contributed by atoms with Crippen molar-refractivity contribution < 1.29 is 13.2 Å². The van der Waals surface area contributed by atoms with E-state index in [1.165, 1.54) is 6.08 Å². The lowest BCUT2D eigenvalue weighted by atomic mass is 10.4. The first-order valence-electron chi connectivity index (χ1n) is 4.90. The van der Waals surface area contributed by atoms with Gasteiger partial charge in [0.15, 0.2) is 9.84 Å². The predicted molar refractivity (Wildman–Crippen MR) is 60.1 cm³/mol. The summed E-state index contributed by atoms with van der Waals surface area (Å²) in [6.45, 7) is 3.02. The van der Waals surface area contributed by atoms with Crippen molar-refractivity contribution in [2.24, 2.45) is 0 Å². The highest BCUT2D eigenvalue weighted by atomic mass is 32.2. The Morgan fingerprint density at radius 3 is 2.62 bits per heavy atom. The van der Waals surface area contributed by atoms with E-state index in [1.807, 2.05) is 11.1 Å². The van der Waals surface area contributed by atoms with Gasteiger partial charge in [0.1, 0.15) is 5.75 Å². The van der Waals surface area contributed by atoms with Crippen LogP contribution in [0.25, 0.3) is 0 Å². The third-order valence-corrected chi connectivity index (χ3v) is 3.11. The van der Waals surface area contributed by atoms with E-state index < -0.39 is 15.6 Å². The van der Waals surface area contributed by atoms with Gasteiger partial charge in [0, 0.05) is 18.5 Å². The molecular weight excluding hydrogens is 228 g/mol. The molecule has 0 atom stereocenters. The molecule has 1 heterocycles. The first kappa shape index (κ1) is 12.7. The summed E-state index contributed by atoms with van der Waals surface area (Å²) < 4.78 is 27.4. The quantitative estimate of drug-likeness (QED) is 0.662. The molecule has 88 valence electrons. The highest BCUT2D eigenvalue weighted by Crippen LogP contribution is 1.98. The molecule has 1 aliphatic heterocycles. The van der Waals surface area contributed by atoms with Crippen LogP contribution in [0.4, 0.5) is 0 Å². The van der Waals surface area contributed by atoms with E-state index in [9.17, 15) is 8.42 Å². The number of nitrogens with zero attached hydrogens (tertiary/aromatic N) is 2. The van der Waals surface area contributed by atoms with Gasteiger partial charge < -0.3 is 9.64 Å². The molecule has 0 unspecified atom stereocenters. The Balaban J connectivity index is 2.41. The summed E-state index contributed by atoms with van der Waals surface area (Å²) >= 11 is 0. The largest absolute Gasteiger partial charge is 0.378 e. The molecule has 1 fully saturated rings. The molecule has 0 N–H and O–H groups in total. The number of allylic oxidation sites excluding steroid dienone is 2. The van der Waals surface area contributed by atoms with Crippen LogP contribution in [0.2, 0.25) is 0 Å². The Morgan fingerprint density at radius 1 is 1.31 bits per heavy atom. The van der Waals surface area contributed by atoms with Gasteiger partial charge in [-0.1, -0.05) is 0 Å². The van der Waals surface area contributed by atoms with Crippen LogP contribution in [-0.4, -0.2) is 45.4 Å². The van der Waals surface area contributed by atoms with Crippen molar-refractivity contribution in [3.63, 3.8) is 0 Å². The van der Waals surface area contributed by atoms with E-state index in [4.69, 9.17) is 10.00 Å². The van der Waals surface area contributed by atoms with Gasteiger partial charge in [0.05, 0.1) is 19.3 Å². The third kappa shape index (κ3) is 4.96. The number of nitriles is 1. The van der Waals surface area contributed by atoms with E-state index in [0.29, 0.717) is 13.2 Å². The van der Waals surface area contributed by atoms with Crippen molar-refractivity contribution in [2.75, 3.05) is 32.1 Å². The first-order chi connectivity index (χ1) is 7.64. The van der Waals surface area contributed by atoms with Gasteiger partial charge in [0.25, 0.3) is 0 Å². The molecule has 1 rings (SSSR count). The maximum atomic E-state index is 11.1. The summed E-state index contributed by atoms with van der Waals surface area (Å²) in [7, 11) is -3.37. The summed E-state index contributed by atoms with van der Waals surface area (Å²) in [4.78, 5) is 2.05. The zero-order valence-electron chi connectivity index (χ0n) is 8.87. The lowest BCUT2D eigenvalue weighted by Crippen LogP contribution is -2.31. The summed E-state index contributed by atoms with van der Waals surface area (Å²) in [5, 5.41) is 9.31. The zero-order valence-corrected chi connectivity index (χ0v) is 9.69. The monoisotopic (exact) mass is 242 g/mol. The molecule has 16 heavy (non-hydrogen) atoms. The molecular formula is C10H14N2O3S. The Labute approximate surface area is 95.5 Å². The van der Waals surface area contributed by atoms with Crippen molar-refractivity contribution in [1.29, 1.82) is 5.26 Å². The van der Waals surface area contributed by atoms with E-state index in [-0.39, 0.29) is 0 Å². The van der Waals surface area contributed by atoms with Crippen LogP contribution in [0.5, 0.6) is 0 Å². The van der Waals surface area contributed by atoms with E-state index in [0.717, 1.165) is 18.5 Å². The molecule has 0 aromatic heterocycles. The topological polar surface area (TPSA) is 70.4 Å². The van der Waals surface area contributed by atoms with Crippen molar-refractivity contribution in [3.05, 3.63) is 23.8 Å². The maximum absolute atomic E-state index is 11.1. The van der Waals surface area contributed by atoms with Gasteiger partial charge in [-0.2, -0.15) is 5.26 Å². The van der Waals surface area contributed by atoms with E-state index >= 15 is 0 Å². The molecule has 0 saturated carbocycles. The fourth-order valence-electron chi connectivity index (χ4n) is 1.20. The van der Waals surface area contributed by atoms with Crippen molar-refractivity contribution in [3.8, 4) is 6.07 Å². The van der Waals surface area contributed by atoms with Gasteiger partial charge in [-0.3, -0.25) is 0 Å². The summed E-state index contributed by atoms with van der Waals surface area (Å²) in [6.07, 6.45) is 4.91. The number of hydrogen-bond acceptors (Lipinski definition) is 5. The van der Waals surface area contributed by atoms with Crippen LogP contribution in [0.3, 0.4) is 0 Å². The minimum atomic E-state index is -3.37. The van der Waals surface area contributed by atoms with Gasteiger partial charge in [0.2, 0.25) is 0 Å². The van der Waals surface area contributed by atoms with Gasteiger partial charge in [-0.25, -0.2) is 8.42 Å². The molecule has 6 heteroatoms. The molecule has 1 aliphatic rings. The van der Waals surface area contributed by atoms with Gasteiger partial charge >= 0.3 is 0 Å².